The first-order valence-corrected chi connectivity index (χ1v) is 6.16. The zero-order valence-corrected chi connectivity index (χ0v) is 10.3. The molecule has 2 rings (SSSR count). The van der Waals surface area contributed by atoms with Crippen molar-refractivity contribution in [1.29, 1.82) is 0 Å². The van der Waals surface area contributed by atoms with Crippen LogP contribution in [0.2, 0.25) is 0 Å². The standard InChI is InChI=1S/C13H15F3N2O/c14-13(15,16)11-4-2-1-3-10(11)12(19)18-9-5-7-17-8-6-9/h1-4,9,17H,5-8H2,(H,18,19). The lowest BCUT2D eigenvalue weighted by Crippen LogP contribution is -2.43. The van der Waals surface area contributed by atoms with Crippen molar-refractivity contribution >= 4 is 5.91 Å². The third-order valence-electron chi connectivity index (χ3n) is 3.15. The van der Waals surface area contributed by atoms with Crippen LogP contribution in [0.4, 0.5) is 13.2 Å². The summed E-state index contributed by atoms with van der Waals surface area (Å²) in [6.07, 6.45) is -3.04. The van der Waals surface area contributed by atoms with Crippen LogP contribution in [-0.2, 0) is 6.18 Å². The molecule has 19 heavy (non-hydrogen) atoms. The van der Waals surface area contributed by atoms with Crippen molar-refractivity contribution in [1.82, 2.24) is 10.6 Å². The van der Waals surface area contributed by atoms with Crippen molar-refractivity contribution in [2.45, 2.75) is 25.1 Å². The van der Waals surface area contributed by atoms with E-state index in [1.165, 1.54) is 18.2 Å². The van der Waals surface area contributed by atoms with Crippen LogP contribution in [0.3, 0.4) is 0 Å². The fourth-order valence-corrected chi connectivity index (χ4v) is 2.16. The second-order valence-corrected chi connectivity index (χ2v) is 4.54. The lowest BCUT2D eigenvalue weighted by molar-refractivity contribution is -0.137. The van der Waals surface area contributed by atoms with Crippen molar-refractivity contribution in [3.8, 4) is 0 Å². The van der Waals surface area contributed by atoms with E-state index >= 15 is 0 Å². The van der Waals surface area contributed by atoms with Gasteiger partial charge in [-0.3, -0.25) is 4.79 Å². The fourth-order valence-electron chi connectivity index (χ4n) is 2.16. The Bertz CT molecular complexity index is 453. The number of benzene rings is 1. The Labute approximate surface area is 109 Å². The number of piperidine rings is 1. The van der Waals surface area contributed by atoms with Gasteiger partial charge < -0.3 is 10.6 Å². The number of alkyl halides is 3. The molecule has 6 heteroatoms. The Morgan fingerprint density at radius 1 is 1.21 bits per heavy atom. The smallest absolute Gasteiger partial charge is 0.349 e. The van der Waals surface area contributed by atoms with Crippen LogP contribution in [-0.4, -0.2) is 25.0 Å². The van der Waals surface area contributed by atoms with Gasteiger partial charge in [-0.1, -0.05) is 12.1 Å². The normalized spacial score (nSPS) is 17.2. The zero-order chi connectivity index (χ0) is 13.9. The molecule has 1 fully saturated rings. The van der Waals surface area contributed by atoms with Gasteiger partial charge in [0.05, 0.1) is 11.1 Å². The molecule has 1 aromatic rings. The van der Waals surface area contributed by atoms with Gasteiger partial charge in [0.1, 0.15) is 0 Å². The average Bonchev–Trinajstić information content (AvgIpc) is 2.39. The molecular weight excluding hydrogens is 257 g/mol. The zero-order valence-electron chi connectivity index (χ0n) is 10.3. The summed E-state index contributed by atoms with van der Waals surface area (Å²) >= 11 is 0. The SMILES string of the molecule is O=C(NC1CCNCC1)c1ccccc1C(F)(F)F. The molecule has 0 saturated carbocycles. The van der Waals surface area contributed by atoms with Crippen LogP contribution in [0.25, 0.3) is 0 Å². The predicted octanol–water partition coefficient (Wildman–Crippen LogP) is 2.19. The summed E-state index contributed by atoms with van der Waals surface area (Å²) in [5, 5.41) is 5.80. The van der Waals surface area contributed by atoms with Crippen LogP contribution < -0.4 is 10.6 Å². The Kier molecular flexibility index (Phi) is 4.09. The quantitative estimate of drug-likeness (QED) is 0.866. The first kappa shape index (κ1) is 13.9. The van der Waals surface area contributed by atoms with E-state index in [1.54, 1.807) is 0 Å². The number of carbonyl (C=O) groups excluding carboxylic acids is 1. The number of halogens is 3. The highest BCUT2D eigenvalue weighted by atomic mass is 19.4. The summed E-state index contributed by atoms with van der Waals surface area (Å²) in [6, 6.07) is 4.79. The van der Waals surface area contributed by atoms with E-state index in [2.05, 4.69) is 10.6 Å². The molecule has 0 unspecified atom stereocenters. The fraction of sp³-hybridized carbons (Fsp3) is 0.462. The Morgan fingerprint density at radius 3 is 2.47 bits per heavy atom. The lowest BCUT2D eigenvalue weighted by atomic mass is 10.0. The second-order valence-electron chi connectivity index (χ2n) is 4.54. The molecule has 0 aromatic heterocycles. The largest absolute Gasteiger partial charge is 0.417 e. The van der Waals surface area contributed by atoms with Crippen LogP contribution in [0.1, 0.15) is 28.8 Å². The maximum atomic E-state index is 12.8. The second kappa shape index (κ2) is 5.61. The van der Waals surface area contributed by atoms with E-state index < -0.39 is 17.6 Å². The third-order valence-corrected chi connectivity index (χ3v) is 3.15. The first-order chi connectivity index (χ1) is 8.98. The predicted molar refractivity (Wildman–Crippen MR) is 64.8 cm³/mol. The van der Waals surface area contributed by atoms with Gasteiger partial charge in [0.2, 0.25) is 0 Å². The Balaban J connectivity index is 2.14. The highest BCUT2D eigenvalue weighted by Crippen LogP contribution is 2.31. The minimum absolute atomic E-state index is 0.0601. The van der Waals surface area contributed by atoms with Gasteiger partial charge in [-0.25, -0.2) is 0 Å². The Hall–Kier alpha value is -1.56. The highest BCUT2D eigenvalue weighted by Gasteiger charge is 2.35. The number of hydrogen-bond donors (Lipinski definition) is 2. The maximum absolute atomic E-state index is 12.8. The van der Waals surface area contributed by atoms with Crippen molar-refractivity contribution in [3.05, 3.63) is 35.4 Å². The molecule has 0 aliphatic carbocycles. The monoisotopic (exact) mass is 272 g/mol. The summed E-state index contributed by atoms with van der Waals surface area (Å²) in [4.78, 5) is 11.9. The van der Waals surface area contributed by atoms with E-state index in [9.17, 15) is 18.0 Å². The van der Waals surface area contributed by atoms with Crippen LogP contribution in [0.15, 0.2) is 24.3 Å². The van der Waals surface area contributed by atoms with Crippen molar-refractivity contribution < 1.29 is 18.0 Å². The van der Waals surface area contributed by atoms with Crippen molar-refractivity contribution in [2.24, 2.45) is 0 Å². The van der Waals surface area contributed by atoms with Gasteiger partial charge in [-0.05, 0) is 38.1 Å². The van der Waals surface area contributed by atoms with Gasteiger partial charge in [0, 0.05) is 6.04 Å². The van der Waals surface area contributed by atoms with Gasteiger partial charge in [-0.2, -0.15) is 13.2 Å². The molecule has 1 heterocycles. The van der Waals surface area contributed by atoms with Gasteiger partial charge in [0.25, 0.3) is 5.91 Å². The van der Waals surface area contributed by atoms with E-state index in [-0.39, 0.29) is 11.6 Å². The molecule has 0 atom stereocenters. The highest BCUT2D eigenvalue weighted by molar-refractivity contribution is 5.96. The molecule has 3 nitrogen and oxygen atoms in total. The van der Waals surface area contributed by atoms with E-state index in [1.807, 2.05) is 0 Å². The molecule has 2 N–H and O–H groups in total. The molecule has 0 radical (unpaired) electrons. The van der Waals surface area contributed by atoms with E-state index in [0.717, 1.165) is 32.0 Å². The number of amides is 1. The van der Waals surface area contributed by atoms with Crippen LogP contribution in [0.5, 0.6) is 0 Å². The van der Waals surface area contributed by atoms with Crippen molar-refractivity contribution in [3.63, 3.8) is 0 Å². The average molecular weight is 272 g/mol. The first-order valence-electron chi connectivity index (χ1n) is 6.16. The number of nitrogens with one attached hydrogen (secondary N) is 2. The van der Waals surface area contributed by atoms with E-state index in [0.29, 0.717) is 0 Å². The summed E-state index contributed by atoms with van der Waals surface area (Å²) in [6.45, 7) is 1.54. The summed E-state index contributed by atoms with van der Waals surface area (Å²) in [5.74, 6) is -0.653. The Morgan fingerprint density at radius 2 is 1.84 bits per heavy atom. The van der Waals surface area contributed by atoms with Crippen molar-refractivity contribution in [2.75, 3.05) is 13.1 Å². The molecule has 1 saturated heterocycles. The molecule has 1 aliphatic rings. The molecule has 1 amide bonds. The minimum atomic E-state index is -4.51. The molecule has 0 spiro atoms. The molecular formula is C13H15F3N2O. The molecule has 1 aliphatic heterocycles. The third kappa shape index (κ3) is 3.47. The number of carbonyl (C=O) groups is 1. The molecule has 1 aromatic carbocycles. The topological polar surface area (TPSA) is 41.1 Å². The summed E-state index contributed by atoms with van der Waals surface area (Å²) in [7, 11) is 0. The summed E-state index contributed by atoms with van der Waals surface area (Å²) < 4.78 is 38.4. The maximum Gasteiger partial charge on any atom is 0.417 e. The summed E-state index contributed by atoms with van der Waals surface area (Å²) in [5.41, 5.74) is -1.20. The number of hydrogen-bond acceptors (Lipinski definition) is 2. The van der Waals surface area contributed by atoms with Crippen LogP contribution >= 0.6 is 0 Å². The van der Waals surface area contributed by atoms with Gasteiger partial charge in [-0.15, -0.1) is 0 Å². The number of rotatable bonds is 2. The van der Waals surface area contributed by atoms with E-state index in [4.69, 9.17) is 0 Å². The minimum Gasteiger partial charge on any atom is -0.349 e. The molecule has 0 bridgehead atoms. The van der Waals surface area contributed by atoms with Gasteiger partial charge in [0.15, 0.2) is 0 Å². The molecule has 104 valence electrons. The van der Waals surface area contributed by atoms with Gasteiger partial charge >= 0.3 is 6.18 Å². The van der Waals surface area contributed by atoms with Crippen LogP contribution in [0, 0.1) is 0 Å². The lowest BCUT2D eigenvalue weighted by Gasteiger charge is -2.24.